The van der Waals surface area contributed by atoms with Crippen molar-refractivity contribution in [3.63, 3.8) is 0 Å². The molecule has 0 bridgehead atoms. The molecule has 1 aliphatic carbocycles. The summed E-state index contributed by atoms with van der Waals surface area (Å²) in [6.07, 6.45) is 3.82. The minimum atomic E-state index is -0.631. The van der Waals surface area contributed by atoms with Crippen LogP contribution in [0.2, 0.25) is 0 Å². The average Bonchev–Trinajstić information content (AvgIpc) is 2.56. The van der Waals surface area contributed by atoms with Crippen molar-refractivity contribution < 1.29 is 5.11 Å². The molecule has 0 heterocycles. The molecule has 0 atom stereocenters. The van der Waals surface area contributed by atoms with Crippen LogP contribution in [0.5, 0.6) is 0 Å². The van der Waals surface area contributed by atoms with Gasteiger partial charge in [0.25, 0.3) is 0 Å². The van der Waals surface area contributed by atoms with Crippen LogP contribution in [-0.2, 0) is 5.60 Å². The molecule has 0 saturated heterocycles. The fourth-order valence-electron chi connectivity index (χ4n) is 3.38. The number of nitrogens with zero attached hydrogens (tertiary/aromatic N) is 1. The Morgan fingerprint density at radius 3 is 2.35 bits per heavy atom. The predicted octanol–water partition coefficient (Wildman–Crippen LogP) is 3.48. The first kappa shape index (κ1) is 18.4. The lowest BCUT2D eigenvalue weighted by atomic mass is 9.77. The van der Waals surface area contributed by atoms with E-state index in [0.29, 0.717) is 12.0 Å². The Balaban J connectivity index is 1.84. The molecule has 0 spiro atoms. The third-order valence-corrected chi connectivity index (χ3v) is 5.39. The van der Waals surface area contributed by atoms with Crippen molar-refractivity contribution in [1.29, 1.82) is 0 Å². The summed E-state index contributed by atoms with van der Waals surface area (Å²) in [6.45, 7) is 9.82. The maximum Gasteiger partial charge on any atom is 0.0897 e. The van der Waals surface area contributed by atoms with Crippen LogP contribution in [0.1, 0.15) is 63.5 Å². The number of rotatable bonds is 7. The highest BCUT2D eigenvalue weighted by molar-refractivity contribution is 5.29. The summed E-state index contributed by atoms with van der Waals surface area (Å²) in [4.78, 5) is 2.32. The van der Waals surface area contributed by atoms with Gasteiger partial charge in [0, 0.05) is 19.1 Å². The standard InChI is InChI=1S/C20H34N2O/c1-5-22(4)15-14-21-19-10-12-20(23,13-11-19)18-8-6-17(7-9-18)16(2)3/h6-9,16,19,21,23H,5,10-15H2,1-4H3. The van der Waals surface area contributed by atoms with E-state index in [-0.39, 0.29) is 0 Å². The summed E-state index contributed by atoms with van der Waals surface area (Å²) in [7, 11) is 2.15. The zero-order valence-electron chi connectivity index (χ0n) is 15.3. The van der Waals surface area contributed by atoms with Gasteiger partial charge in [-0.25, -0.2) is 0 Å². The average molecular weight is 319 g/mol. The molecule has 3 nitrogen and oxygen atoms in total. The fraction of sp³-hybridized carbons (Fsp3) is 0.700. The third kappa shape index (κ3) is 5.03. The van der Waals surface area contributed by atoms with Crippen LogP contribution in [0.3, 0.4) is 0 Å². The summed E-state index contributed by atoms with van der Waals surface area (Å²) in [6, 6.07) is 9.14. The second-order valence-electron chi connectivity index (χ2n) is 7.43. The minimum Gasteiger partial charge on any atom is -0.385 e. The van der Waals surface area contributed by atoms with Gasteiger partial charge >= 0.3 is 0 Å². The number of nitrogens with one attached hydrogen (secondary N) is 1. The first-order valence-electron chi connectivity index (χ1n) is 9.19. The Bertz CT molecular complexity index is 461. The van der Waals surface area contributed by atoms with E-state index in [9.17, 15) is 5.11 Å². The van der Waals surface area contributed by atoms with E-state index in [1.165, 1.54) is 5.56 Å². The van der Waals surface area contributed by atoms with Crippen LogP contribution in [0.4, 0.5) is 0 Å². The molecule has 1 aromatic carbocycles. The number of aliphatic hydroxyl groups is 1. The monoisotopic (exact) mass is 318 g/mol. The van der Waals surface area contributed by atoms with Crippen molar-refractivity contribution in [2.45, 2.75) is 64.0 Å². The SMILES string of the molecule is CCN(C)CCNC1CCC(O)(c2ccc(C(C)C)cc2)CC1. The van der Waals surface area contributed by atoms with E-state index in [1.807, 2.05) is 0 Å². The van der Waals surface area contributed by atoms with Crippen LogP contribution in [0.15, 0.2) is 24.3 Å². The summed E-state index contributed by atoms with van der Waals surface area (Å²) in [5, 5.41) is 14.7. The van der Waals surface area contributed by atoms with Gasteiger partial charge in [0.15, 0.2) is 0 Å². The van der Waals surface area contributed by atoms with Gasteiger partial charge < -0.3 is 15.3 Å². The quantitative estimate of drug-likeness (QED) is 0.808. The molecule has 2 N–H and O–H groups in total. The molecule has 0 aliphatic heterocycles. The van der Waals surface area contributed by atoms with Crippen molar-refractivity contribution in [2.24, 2.45) is 0 Å². The Kier molecular flexibility index (Phi) is 6.63. The summed E-state index contributed by atoms with van der Waals surface area (Å²) < 4.78 is 0. The number of benzene rings is 1. The van der Waals surface area contributed by atoms with E-state index in [2.05, 4.69) is 62.3 Å². The van der Waals surface area contributed by atoms with Crippen molar-refractivity contribution >= 4 is 0 Å². The summed E-state index contributed by atoms with van der Waals surface area (Å²) in [5.41, 5.74) is 1.80. The van der Waals surface area contributed by atoms with Gasteiger partial charge in [0.1, 0.15) is 0 Å². The molecule has 3 heteroatoms. The molecule has 1 aromatic rings. The van der Waals surface area contributed by atoms with Crippen LogP contribution in [0.25, 0.3) is 0 Å². The van der Waals surface area contributed by atoms with E-state index < -0.39 is 5.60 Å². The maximum absolute atomic E-state index is 11.0. The molecule has 0 aromatic heterocycles. The second kappa shape index (κ2) is 8.27. The highest BCUT2D eigenvalue weighted by atomic mass is 16.3. The van der Waals surface area contributed by atoms with E-state index in [4.69, 9.17) is 0 Å². The topological polar surface area (TPSA) is 35.5 Å². The van der Waals surface area contributed by atoms with Crippen LogP contribution < -0.4 is 5.32 Å². The van der Waals surface area contributed by atoms with Crippen LogP contribution >= 0.6 is 0 Å². The van der Waals surface area contributed by atoms with E-state index in [1.54, 1.807) is 0 Å². The molecular formula is C20H34N2O. The van der Waals surface area contributed by atoms with Crippen LogP contribution in [0, 0.1) is 0 Å². The maximum atomic E-state index is 11.0. The van der Waals surface area contributed by atoms with E-state index >= 15 is 0 Å². The summed E-state index contributed by atoms with van der Waals surface area (Å²) >= 11 is 0. The Hall–Kier alpha value is -0.900. The normalized spacial score (nSPS) is 25.3. The first-order valence-corrected chi connectivity index (χ1v) is 9.19. The number of likely N-dealkylation sites (N-methyl/N-ethyl adjacent to an activating group) is 1. The van der Waals surface area contributed by atoms with Crippen molar-refractivity contribution in [2.75, 3.05) is 26.7 Å². The zero-order valence-corrected chi connectivity index (χ0v) is 15.3. The molecule has 1 saturated carbocycles. The molecule has 2 rings (SSSR count). The molecule has 0 amide bonds. The summed E-state index contributed by atoms with van der Waals surface area (Å²) in [5.74, 6) is 0.542. The lowest BCUT2D eigenvalue weighted by molar-refractivity contribution is -0.00841. The van der Waals surface area contributed by atoms with Crippen molar-refractivity contribution in [3.05, 3.63) is 35.4 Å². The van der Waals surface area contributed by atoms with E-state index in [0.717, 1.165) is 50.9 Å². The van der Waals surface area contributed by atoms with Gasteiger partial charge in [0.2, 0.25) is 0 Å². The molecule has 23 heavy (non-hydrogen) atoms. The Morgan fingerprint density at radius 2 is 1.83 bits per heavy atom. The smallest absolute Gasteiger partial charge is 0.0897 e. The number of hydrogen-bond donors (Lipinski definition) is 2. The third-order valence-electron chi connectivity index (χ3n) is 5.39. The van der Waals surface area contributed by atoms with Gasteiger partial charge in [-0.05, 0) is 56.3 Å². The van der Waals surface area contributed by atoms with Gasteiger partial charge in [-0.15, -0.1) is 0 Å². The largest absolute Gasteiger partial charge is 0.385 e. The lowest BCUT2D eigenvalue weighted by Gasteiger charge is -2.37. The molecule has 130 valence electrons. The van der Waals surface area contributed by atoms with Gasteiger partial charge in [-0.2, -0.15) is 0 Å². The zero-order chi connectivity index (χ0) is 16.9. The minimum absolute atomic E-state index is 0.542. The molecule has 0 unspecified atom stereocenters. The molecule has 1 fully saturated rings. The second-order valence-corrected chi connectivity index (χ2v) is 7.43. The number of hydrogen-bond acceptors (Lipinski definition) is 3. The van der Waals surface area contributed by atoms with Crippen molar-refractivity contribution in [1.82, 2.24) is 10.2 Å². The molecular weight excluding hydrogens is 284 g/mol. The lowest BCUT2D eigenvalue weighted by Crippen LogP contribution is -2.42. The fourth-order valence-corrected chi connectivity index (χ4v) is 3.38. The highest BCUT2D eigenvalue weighted by Gasteiger charge is 2.34. The van der Waals surface area contributed by atoms with Crippen LogP contribution in [-0.4, -0.2) is 42.7 Å². The predicted molar refractivity (Wildman–Crippen MR) is 97.9 cm³/mol. The highest BCUT2D eigenvalue weighted by Crippen LogP contribution is 2.37. The van der Waals surface area contributed by atoms with Gasteiger partial charge in [-0.1, -0.05) is 45.0 Å². The Labute approximate surface area is 142 Å². The van der Waals surface area contributed by atoms with Crippen molar-refractivity contribution in [3.8, 4) is 0 Å². The molecule has 0 radical (unpaired) electrons. The Morgan fingerprint density at radius 1 is 1.22 bits per heavy atom. The van der Waals surface area contributed by atoms with Gasteiger partial charge in [0.05, 0.1) is 5.60 Å². The first-order chi connectivity index (χ1) is 10.9. The molecule has 1 aliphatic rings. The van der Waals surface area contributed by atoms with Gasteiger partial charge in [-0.3, -0.25) is 0 Å².